The third kappa shape index (κ3) is 3.13. The first-order valence-electron chi connectivity index (χ1n) is 7.20. The van der Waals surface area contributed by atoms with Gasteiger partial charge in [-0.25, -0.2) is 0 Å². The van der Waals surface area contributed by atoms with Crippen LogP contribution in [0.3, 0.4) is 0 Å². The first-order chi connectivity index (χ1) is 9.56. The molecule has 106 valence electrons. The van der Waals surface area contributed by atoms with Crippen molar-refractivity contribution >= 4 is 15.9 Å². The molecule has 0 fully saturated rings. The van der Waals surface area contributed by atoms with E-state index in [-0.39, 0.29) is 6.04 Å². The van der Waals surface area contributed by atoms with Crippen LogP contribution in [0.15, 0.2) is 40.9 Å². The van der Waals surface area contributed by atoms with Crippen LogP contribution in [0.2, 0.25) is 0 Å². The van der Waals surface area contributed by atoms with E-state index in [0.717, 1.165) is 17.3 Å². The fourth-order valence-corrected chi connectivity index (χ4v) is 3.02. The van der Waals surface area contributed by atoms with E-state index in [1.54, 1.807) is 0 Å². The highest BCUT2D eigenvalue weighted by molar-refractivity contribution is 9.10. The van der Waals surface area contributed by atoms with Crippen molar-refractivity contribution in [3.8, 4) is 0 Å². The normalized spacial score (nSPS) is 12.4. The average Bonchev–Trinajstić information content (AvgIpc) is 2.48. The molecule has 1 unspecified atom stereocenters. The molecule has 1 nitrogen and oxygen atoms in total. The minimum absolute atomic E-state index is 0.0660. The third-order valence-corrected chi connectivity index (χ3v) is 4.42. The molecule has 2 N–H and O–H groups in total. The summed E-state index contributed by atoms with van der Waals surface area (Å²) in [5.74, 6) is 0. The molecule has 0 aliphatic carbocycles. The van der Waals surface area contributed by atoms with Gasteiger partial charge in [-0.1, -0.05) is 54.0 Å². The number of hydrogen-bond donors (Lipinski definition) is 1. The van der Waals surface area contributed by atoms with Gasteiger partial charge in [-0.3, -0.25) is 0 Å². The molecule has 0 heterocycles. The van der Waals surface area contributed by atoms with Crippen molar-refractivity contribution in [3.05, 3.63) is 68.7 Å². The third-order valence-electron chi connectivity index (χ3n) is 3.93. The zero-order chi connectivity index (χ0) is 14.7. The van der Waals surface area contributed by atoms with Crippen molar-refractivity contribution in [2.45, 2.75) is 39.7 Å². The van der Waals surface area contributed by atoms with Crippen LogP contribution in [-0.2, 0) is 12.8 Å². The Bertz CT molecular complexity index is 604. The molecular formula is C18H22BrN. The SMILES string of the molecule is CCc1ccc(C(N)c2cc(Br)ccc2C)cc1CC. The molecular weight excluding hydrogens is 310 g/mol. The summed E-state index contributed by atoms with van der Waals surface area (Å²) < 4.78 is 1.08. The molecule has 2 aromatic carbocycles. The lowest BCUT2D eigenvalue weighted by atomic mass is 9.92. The highest BCUT2D eigenvalue weighted by atomic mass is 79.9. The molecule has 0 aromatic heterocycles. The Hall–Kier alpha value is -1.12. The minimum atomic E-state index is -0.0660. The summed E-state index contributed by atoms with van der Waals surface area (Å²) in [5, 5.41) is 0. The molecule has 0 spiro atoms. The summed E-state index contributed by atoms with van der Waals surface area (Å²) in [4.78, 5) is 0. The van der Waals surface area contributed by atoms with Gasteiger partial charge in [0.25, 0.3) is 0 Å². The number of nitrogens with two attached hydrogens (primary N) is 1. The maximum absolute atomic E-state index is 6.48. The second-order valence-electron chi connectivity index (χ2n) is 5.21. The van der Waals surface area contributed by atoms with Gasteiger partial charge in [0, 0.05) is 4.47 Å². The van der Waals surface area contributed by atoms with Gasteiger partial charge in [0.2, 0.25) is 0 Å². The van der Waals surface area contributed by atoms with Crippen LogP contribution >= 0.6 is 15.9 Å². The summed E-state index contributed by atoms with van der Waals surface area (Å²) in [6.45, 7) is 6.52. The Labute approximate surface area is 130 Å². The Morgan fingerprint density at radius 1 is 1.00 bits per heavy atom. The van der Waals surface area contributed by atoms with Gasteiger partial charge in [0.1, 0.15) is 0 Å². The number of rotatable bonds is 4. The largest absolute Gasteiger partial charge is 0.320 e. The van der Waals surface area contributed by atoms with E-state index in [9.17, 15) is 0 Å². The van der Waals surface area contributed by atoms with Crippen molar-refractivity contribution in [2.24, 2.45) is 5.73 Å². The smallest absolute Gasteiger partial charge is 0.0554 e. The quantitative estimate of drug-likeness (QED) is 0.844. The van der Waals surface area contributed by atoms with Crippen molar-refractivity contribution in [2.75, 3.05) is 0 Å². The second-order valence-corrected chi connectivity index (χ2v) is 6.13. The first-order valence-corrected chi connectivity index (χ1v) is 7.99. The van der Waals surface area contributed by atoms with E-state index in [2.05, 4.69) is 73.1 Å². The zero-order valence-electron chi connectivity index (χ0n) is 12.4. The molecule has 2 heteroatoms. The number of halogens is 1. The lowest BCUT2D eigenvalue weighted by Gasteiger charge is -2.18. The van der Waals surface area contributed by atoms with E-state index < -0.39 is 0 Å². The molecule has 1 atom stereocenters. The topological polar surface area (TPSA) is 26.0 Å². The van der Waals surface area contributed by atoms with Gasteiger partial charge in [0.05, 0.1) is 6.04 Å². The molecule has 20 heavy (non-hydrogen) atoms. The lowest BCUT2D eigenvalue weighted by molar-refractivity contribution is 0.853. The van der Waals surface area contributed by atoms with Crippen LogP contribution in [0.25, 0.3) is 0 Å². The molecule has 0 saturated carbocycles. The fraction of sp³-hybridized carbons (Fsp3) is 0.333. The lowest BCUT2D eigenvalue weighted by Crippen LogP contribution is -2.14. The highest BCUT2D eigenvalue weighted by Crippen LogP contribution is 2.27. The fourth-order valence-electron chi connectivity index (χ4n) is 2.64. The van der Waals surface area contributed by atoms with Gasteiger partial charge in [-0.15, -0.1) is 0 Å². The highest BCUT2D eigenvalue weighted by Gasteiger charge is 2.13. The zero-order valence-corrected chi connectivity index (χ0v) is 14.0. The monoisotopic (exact) mass is 331 g/mol. The van der Waals surface area contributed by atoms with Crippen LogP contribution in [0.4, 0.5) is 0 Å². The van der Waals surface area contributed by atoms with Gasteiger partial charge in [-0.05, 0) is 59.7 Å². The van der Waals surface area contributed by atoms with Gasteiger partial charge >= 0.3 is 0 Å². The number of benzene rings is 2. The van der Waals surface area contributed by atoms with Crippen molar-refractivity contribution < 1.29 is 0 Å². The second kappa shape index (κ2) is 6.55. The van der Waals surface area contributed by atoms with Gasteiger partial charge < -0.3 is 5.73 Å². The van der Waals surface area contributed by atoms with Gasteiger partial charge in [-0.2, -0.15) is 0 Å². The molecule has 0 aliphatic rings. The predicted octanol–water partition coefficient (Wildman–Crippen LogP) is 4.93. The van der Waals surface area contributed by atoms with Crippen LogP contribution in [0.1, 0.15) is 47.7 Å². The van der Waals surface area contributed by atoms with Gasteiger partial charge in [0.15, 0.2) is 0 Å². The molecule has 0 saturated heterocycles. The number of hydrogen-bond acceptors (Lipinski definition) is 1. The van der Waals surface area contributed by atoms with E-state index in [1.807, 2.05) is 0 Å². The van der Waals surface area contributed by atoms with Crippen molar-refractivity contribution in [1.29, 1.82) is 0 Å². The summed E-state index contributed by atoms with van der Waals surface area (Å²) in [6.07, 6.45) is 2.13. The molecule has 0 aliphatic heterocycles. The molecule has 2 aromatic rings. The molecule has 0 amide bonds. The van der Waals surface area contributed by atoms with E-state index >= 15 is 0 Å². The van der Waals surface area contributed by atoms with Crippen molar-refractivity contribution in [1.82, 2.24) is 0 Å². The van der Waals surface area contributed by atoms with Crippen LogP contribution in [0, 0.1) is 6.92 Å². The molecule has 0 radical (unpaired) electrons. The molecule has 0 bridgehead atoms. The Kier molecular flexibility index (Phi) is 5.00. The predicted molar refractivity (Wildman–Crippen MR) is 90.1 cm³/mol. The standard InChI is InChI=1S/C18H22BrN/c1-4-13-7-8-15(10-14(13)5-2)18(20)17-11-16(19)9-6-12(17)3/h6-11,18H,4-5,20H2,1-3H3. The molecule has 2 rings (SSSR count). The average molecular weight is 332 g/mol. The summed E-state index contributed by atoms with van der Waals surface area (Å²) in [5.41, 5.74) is 12.9. The maximum atomic E-state index is 6.48. The van der Waals surface area contributed by atoms with E-state index in [0.29, 0.717) is 0 Å². The van der Waals surface area contributed by atoms with Crippen molar-refractivity contribution in [3.63, 3.8) is 0 Å². The Morgan fingerprint density at radius 2 is 1.70 bits per heavy atom. The van der Waals surface area contributed by atoms with E-state index in [1.165, 1.54) is 27.8 Å². The minimum Gasteiger partial charge on any atom is -0.320 e. The first kappa shape index (κ1) is 15.3. The summed E-state index contributed by atoms with van der Waals surface area (Å²) in [6, 6.07) is 12.9. The Balaban J connectivity index is 2.42. The van der Waals surface area contributed by atoms with E-state index in [4.69, 9.17) is 5.73 Å². The van der Waals surface area contributed by atoms with Crippen LogP contribution in [0.5, 0.6) is 0 Å². The summed E-state index contributed by atoms with van der Waals surface area (Å²) >= 11 is 3.53. The van der Waals surface area contributed by atoms with Crippen LogP contribution < -0.4 is 5.73 Å². The Morgan fingerprint density at radius 3 is 2.35 bits per heavy atom. The van der Waals surface area contributed by atoms with Crippen LogP contribution in [-0.4, -0.2) is 0 Å². The summed E-state index contributed by atoms with van der Waals surface area (Å²) in [7, 11) is 0. The number of aryl methyl sites for hydroxylation is 3. The maximum Gasteiger partial charge on any atom is 0.0554 e.